The van der Waals surface area contributed by atoms with E-state index in [1.807, 2.05) is 0 Å². The molecule has 1 aliphatic heterocycles. The topological polar surface area (TPSA) is 18.5 Å². The molecule has 1 aromatic carbocycles. The highest BCUT2D eigenvalue weighted by Crippen LogP contribution is 2.22. The lowest BCUT2D eigenvalue weighted by molar-refractivity contribution is 0.0700. The Morgan fingerprint density at radius 1 is 0.952 bits per heavy atom. The molecule has 3 heteroatoms. The van der Waals surface area contributed by atoms with Crippen LogP contribution in [0.4, 0.5) is 0 Å². The second-order valence-electron chi connectivity index (χ2n) is 6.35. The highest BCUT2D eigenvalue weighted by atomic mass is 15.3. The van der Waals surface area contributed by atoms with Gasteiger partial charge in [-0.1, -0.05) is 37.3 Å². The van der Waals surface area contributed by atoms with Crippen molar-refractivity contribution in [1.82, 2.24) is 15.1 Å². The molecule has 3 nitrogen and oxygen atoms in total. The van der Waals surface area contributed by atoms with Crippen LogP contribution >= 0.6 is 0 Å². The van der Waals surface area contributed by atoms with E-state index in [1.165, 1.54) is 31.7 Å². The third-order valence-electron chi connectivity index (χ3n) is 4.72. The van der Waals surface area contributed by atoms with Gasteiger partial charge >= 0.3 is 0 Å². The Bertz CT molecular complexity index is 396. The van der Waals surface area contributed by atoms with Gasteiger partial charge in [-0.25, -0.2) is 0 Å². The second kappa shape index (κ2) is 7.92. The van der Waals surface area contributed by atoms with E-state index in [1.54, 1.807) is 0 Å². The molecule has 0 saturated carbocycles. The zero-order chi connectivity index (χ0) is 15.2. The average Bonchev–Trinajstić information content (AvgIpc) is 2.53. The monoisotopic (exact) mass is 289 g/mol. The van der Waals surface area contributed by atoms with Crippen LogP contribution in [0.5, 0.6) is 0 Å². The maximum Gasteiger partial charge on any atom is 0.0475 e. The third kappa shape index (κ3) is 4.29. The van der Waals surface area contributed by atoms with Gasteiger partial charge in [0.2, 0.25) is 0 Å². The molecular formula is C18H31N3. The summed E-state index contributed by atoms with van der Waals surface area (Å²) in [5.41, 5.74) is 1.40. The van der Waals surface area contributed by atoms with Crippen molar-refractivity contribution in [3.63, 3.8) is 0 Å². The standard InChI is InChI=1S/C18H31N3/c1-5-19-18(17-9-7-6-8-10-17)16(4)21-13-11-20(12-14-21)15(2)3/h6-10,15-16,18-19H,5,11-14H2,1-4H3. The second-order valence-corrected chi connectivity index (χ2v) is 6.35. The van der Waals surface area contributed by atoms with E-state index in [9.17, 15) is 0 Å². The lowest BCUT2D eigenvalue weighted by Crippen LogP contribution is -2.54. The van der Waals surface area contributed by atoms with Crippen molar-refractivity contribution < 1.29 is 0 Å². The zero-order valence-electron chi connectivity index (χ0n) is 14.0. The van der Waals surface area contributed by atoms with E-state index in [-0.39, 0.29) is 0 Å². The molecule has 1 saturated heterocycles. The summed E-state index contributed by atoms with van der Waals surface area (Å²) in [7, 11) is 0. The van der Waals surface area contributed by atoms with E-state index < -0.39 is 0 Å². The average molecular weight is 289 g/mol. The van der Waals surface area contributed by atoms with E-state index in [4.69, 9.17) is 0 Å². The molecule has 0 aromatic heterocycles. The first-order chi connectivity index (χ1) is 10.1. The molecule has 2 unspecified atom stereocenters. The molecule has 1 heterocycles. The summed E-state index contributed by atoms with van der Waals surface area (Å²) in [5, 5.41) is 3.67. The van der Waals surface area contributed by atoms with Crippen molar-refractivity contribution in [2.45, 2.75) is 45.8 Å². The SMILES string of the molecule is CCNC(c1ccccc1)C(C)N1CCN(C(C)C)CC1. The number of nitrogens with zero attached hydrogens (tertiary/aromatic N) is 2. The molecule has 0 spiro atoms. The van der Waals surface area contributed by atoms with Crippen LogP contribution in [-0.4, -0.2) is 54.6 Å². The van der Waals surface area contributed by atoms with Gasteiger partial charge in [0.15, 0.2) is 0 Å². The molecule has 0 bridgehead atoms. The summed E-state index contributed by atoms with van der Waals surface area (Å²) >= 11 is 0. The lowest BCUT2D eigenvalue weighted by Gasteiger charge is -2.42. The first-order valence-corrected chi connectivity index (χ1v) is 8.40. The minimum Gasteiger partial charge on any atom is -0.309 e. The molecule has 1 aromatic rings. The van der Waals surface area contributed by atoms with Crippen molar-refractivity contribution in [1.29, 1.82) is 0 Å². The fourth-order valence-electron chi connectivity index (χ4n) is 3.32. The van der Waals surface area contributed by atoms with Crippen LogP contribution in [0.2, 0.25) is 0 Å². The Morgan fingerprint density at radius 2 is 1.52 bits per heavy atom. The predicted molar refractivity (Wildman–Crippen MR) is 90.6 cm³/mol. The van der Waals surface area contributed by atoms with Crippen molar-refractivity contribution in [2.24, 2.45) is 0 Å². The maximum absolute atomic E-state index is 3.67. The van der Waals surface area contributed by atoms with Crippen LogP contribution in [-0.2, 0) is 0 Å². The molecule has 0 aliphatic carbocycles. The Hall–Kier alpha value is -0.900. The van der Waals surface area contributed by atoms with Gasteiger partial charge in [0, 0.05) is 44.3 Å². The molecule has 1 N–H and O–H groups in total. The molecule has 1 fully saturated rings. The van der Waals surface area contributed by atoms with Crippen LogP contribution in [0, 0.1) is 0 Å². The summed E-state index contributed by atoms with van der Waals surface area (Å²) in [5.74, 6) is 0. The van der Waals surface area contributed by atoms with Crippen molar-refractivity contribution in [3.05, 3.63) is 35.9 Å². The number of nitrogens with one attached hydrogen (secondary N) is 1. The number of likely N-dealkylation sites (N-methyl/N-ethyl adjacent to an activating group) is 1. The minimum absolute atomic E-state index is 0.418. The number of piperazine rings is 1. The highest BCUT2D eigenvalue weighted by Gasteiger charge is 2.27. The Kier molecular flexibility index (Phi) is 6.22. The first-order valence-electron chi connectivity index (χ1n) is 8.40. The number of hydrogen-bond acceptors (Lipinski definition) is 3. The van der Waals surface area contributed by atoms with Crippen molar-refractivity contribution in [2.75, 3.05) is 32.7 Å². The van der Waals surface area contributed by atoms with E-state index in [2.05, 4.69) is 73.1 Å². The van der Waals surface area contributed by atoms with Gasteiger partial charge in [-0.3, -0.25) is 9.80 Å². The molecule has 2 atom stereocenters. The van der Waals surface area contributed by atoms with Gasteiger partial charge in [-0.2, -0.15) is 0 Å². The van der Waals surface area contributed by atoms with Gasteiger partial charge in [-0.05, 0) is 32.9 Å². The van der Waals surface area contributed by atoms with Crippen molar-refractivity contribution >= 4 is 0 Å². The van der Waals surface area contributed by atoms with Gasteiger partial charge in [0.05, 0.1) is 0 Å². The maximum atomic E-state index is 3.67. The fraction of sp³-hybridized carbons (Fsp3) is 0.667. The third-order valence-corrected chi connectivity index (χ3v) is 4.72. The van der Waals surface area contributed by atoms with Crippen LogP contribution in [0.1, 0.15) is 39.3 Å². The molecule has 21 heavy (non-hydrogen) atoms. The normalized spacial score (nSPS) is 20.6. The molecule has 118 valence electrons. The molecule has 0 radical (unpaired) electrons. The fourth-order valence-corrected chi connectivity index (χ4v) is 3.32. The van der Waals surface area contributed by atoms with E-state index >= 15 is 0 Å². The molecular weight excluding hydrogens is 258 g/mol. The van der Waals surface area contributed by atoms with Crippen LogP contribution in [0.25, 0.3) is 0 Å². The van der Waals surface area contributed by atoms with Crippen LogP contribution in [0.3, 0.4) is 0 Å². The number of benzene rings is 1. The Morgan fingerprint density at radius 3 is 2.05 bits per heavy atom. The molecule has 0 amide bonds. The quantitative estimate of drug-likeness (QED) is 0.869. The first kappa shape index (κ1) is 16.5. The van der Waals surface area contributed by atoms with Gasteiger partial charge in [-0.15, -0.1) is 0 Å². The van der Waals surface area contributed by atoms with Crippen molar-refractivity contribution in [3.8, 4) is 0 Å². The van der Waals surface area contributed by atoms with Gasteiger partial charge < -0.3 is 5.32 Å². The lowest BCUT2D eigenvalue weighted by atomic mass is 9.98. The summed E-state index contributed by atoms with van der Waals surface area (Å²) in [6.45, 7) is 14.9. The summed E-state index contributed by atoms with van der Waals surface area (Å²) in [4.78, 5) is 5.22. The van der Waals surface area contributed by atoms with Crippen LogP contribution in [0.15, 0.2) is 30.3 Å². The van der Waals surface area contributed by atoms with Gasteiger partial charge in [0.25, 0.3) is 0 Å². The Labute approximate surface area is 130 Å². The minimum atomic E-state index is 0.418. The zero-order valence-corrected chi connectivity index (χ0v) is 14.0. The smallest absolute Gasteiger partial charge is 0.0475 e. The van der Waals surface area contributed by atoms with Gasteiger partial charge in [0.1, 0.15) is 0 Å². The highest BCUT2D eigenvalue weighted by molar-refractivity contribution is 5.20. The molecule has 2 rings (SSSR count). The molecule has 1 aliphatic rings. The predicted octanol–water partition coefficient (Wildman–Crippen LogP) is 2.75. The number of rotatable bonds is 6. The van der Waals surface area contributed by atoms with E-state index in [0.717, 1.165) is 6.54 Å². The Balaban J connectivity index is 2.01. The number of hydrogen-bond donors (Lipinski definition) is 1. The van der Waals surface area contributed by atoms with Crippen LogP contribution < -0.4 is 5.32 Å². The summed E-state index contributed by atoms with van der Waals surface area (Å²) < 4.78 is 0. The summed E-state index contributed by atoms with van der Waals surface area (Å²) in [6.07, 6.45) is 0. The largest absolute Gasteiger partial charge is 0.309 e. The summed E-state index contributed by atoms with van der Waals surface area (Å²) in [6, 6.07) is 12.5. The van der Waals surface area contributed by atoms with E-state index in [0.29, 0.717) is 18.1 Å².